The summed E-state index contributed by atoms with van der Waals surface area (Å²) in [6, 6.07) is 7.82. The number of benzene rings is 1. The van der Waals surface area contributed by atoms with Crippen LogP contribution in [0.4, 0.5) is 0 Å². The topological polar surface area (TPSA) is 61.8 Å². The average Bonchev–Trinajstić information content (AvgIpc) is 3.08. The lowest BCUT2D eigenvalue weighted by atomic mass is 9.86. The molecule has 0 aliphatic carbocycles. The summed E-state index contributed by atoms with van der Waals surface area (Å²) in [4.78, 5) is 24.2. The van der Waals surface area contributed by atoms with Crippen LogP contribution >= 0.6 is 0 Å². The molecule has 5 nitrogen and oxygen atoms in total. The summed E-state index contributed by atoms with van der Waals surface area (Å²) in [5, 5.41) is 0. The van der Waals surface area contributed by atoms with Gasteiger partial charge < -0.3 is 14.2 Å². The number of hydrogen-bond donors (Lipinski definition) is 0. The number of carbonyl (C=O) groups is 2. The van der Waals surface area contributed by atoms with Crippen LogP contribution in [0, 0.1) is 24.7 Å². The first-order valence-electron chi connectivity index (χ1n) is 12.0. The van der Waals surface area contributed by atoms with Crippen molar-refractivity contribution in [3.8, 4) is 5.75 Å². The maximum absolute atomic E-state index is 12.2. The number of hydrogen-bond acceptors (Lipinski definition) is 5. The van der Waals surface area contributed by atoms with Crippen molar-refractivity contribution >= 4 is 11.9 Å². The molecular weight excluding hydrogens is 404 g/mol. The van der Waals surface area contributed by atoms with Crippen LogP contribution in [-0.2, 0) is 19.1 Å². The molecule has 1 fully saturated rings. The Hall–Kier alpha value is -2.30. The summed E-state index contributed by atoms with van der Waals surface area (Å²) in [7, 11) is 0. The fourth-order valence-electron chi connectivity index (χ4n) is 4.09. The number of carbonyl (C=O) groups excluding carboxylic acids is 2. The Morgan fingerprint density at radius 1 is 1.12 bits per heavy atom. The van der Waals surface area contributed by atoms with Crippen molar-refractivity contribution in [2.24, 2.45) is 17.8 Å². The van der Waals surface area contributed by atoms with E-state index >= 15 is 0 Å². The van der Waals surface area contributed by atoms with Crippen molar-refractivity contribution in [1.29, 1.82) is 0 Å². The van der Waals surface area contributed by atoms with Gasteiger partial charge >= 0.3 is 11.9 Å². The molecule has 0 radical (unpaired) electrons. The highest BCUT2D eigenvalue weighted by Gasteiger charge is 2.30. The Morgan fingerprint density at radius 2 is 1.78 bits per heavy atom. The van der Waals surface area contributed by atoms with Gasteiger partial charge in [0.1, 0.15) is 18.5 Å². The first kappa shape index (κ1) is 26.0. The minimum atomic E-state index is -0.379. The Balaban J connectivity index is 1.68. The minimum absolute atomic E-state index is 0.113. The molecule has 2 rings (SSSR count). The van der Waals surface area contributed by atoms with Crippen molar-refractivity contribution in [3.63, 3.8) is 0 Å². The van der Waals surface area contributed by atoms with E-state index in [1.165, 1.54) is 5.56 Å². The van der Waals surface area contributed by atoms with Gasteiger partial charge in [0.2, 0.25) is 0 Å². The lowest BCUT2D eigenvalue weighted by molar-refractivity contribution is -0.152. The quantitative estimate of drug-likeness (QED) is 0.211. The van der Waals surface area contributed by atoms with E-state index in [2.05, 4.69) is 27.7 Å². The van der Waals surface area contributed by atoms with Crippen LogP contribution < -0.4 is 4.74 Å². The Labute approximate surface area is 193 Å². The van der Waals surface area contributed by atoms with Crippen LogP contribution in [-0.4, -0.2) is 31.3 Å². The van der Waals surface area contributed by atoms with E-state index < -0.39 is 0 Å². The number of aryl methyl sites for hydroxylation is 1. The molecule has 1 aliphatic heterocycles. The SMILES string of the molecule is Cc1ccc(OCCCC(=O)OCC2C/C(=C\CC(CC(C)C)CC(C)C)C(=O)O2)cc1. The fourth-order valence-corrected chi connectivity index (χ4v) is 4.09. The zero-order chi connectivity index (χ0) is 23.5. The molecule has 1 unspecified atom stereocenters. The second-order valence-corrected chi connectivity index (χ2v) is 9.77. The van der Waals surface area contributed by atoms with Crippen molar-refractivity contribution < 1.29 is 23.8 Å². The Bertz CT molecular complexity index is 738. The van der Waals surface area contributed by atoms with E-state index in [-0.39, 0.29) is 31.1 Å². The summed E-state index contributed by atoms with van der Waals surface area (Å²) in [6.07, 6.45) is 6.25. The van der Waals surface area contributed by atoms with Crippen LogP contribution in [0.15, 0.2) is 35.9 Å². The number of rotatable bonds is 13. The van der Waals surface area contributed by atoms with E-state index in [1.54, 1.807) is 0 Å². The van der Waals surface area contributed by atoms with E-state index in [0.29, 0.717) is 37.2 Å². The predicted octanol–water partition coefficient (Wildman–Crippen LogP) is 6.04. The van der Waals surface area contributed by atoms with Crippen LogP contribution in [0.1, 0.15) is 71.8 Å². The van der Waals surface area contributed by atoms with E-state index in [9.17, 15) is 9.59 Å². The third-order valence-corrected chi connectivity index (χ3v) is 5.54. The van der Waals surface area contributed by atoms with Gasteiger partial charge in [-0.1, -0.05) is 51.5 Å². The molecule has 5 heteroatoms. The molecule has 32 heavy (non-hydrogen) atoms. The number of allylic oxidation sites excluding steroid dienone is 1. The molecule has 0 aromatic heterocycles. The van der Waals surface area contributed by atoms with Gasteiger partial charge in [-0.15, -0.1) is 0 Å². The van der Waals surface area contributed by atoms with Gasteiger partial charge in [-0.2, -0.15) is 0 Å². The van der Waals surface area contributed by atoms with Crippen molar-refractivity contribution in [3.05, 3.63) is 41.5 Å². The van der Waals surface area contributed by atoms with Crippen molar-refractivity contribution in [2.75, 3.05) is 13.2 Å². The lowest BCUT2D eigenvalue weighted by Crippen LogP contribution is -2.18. The van der Waals surface area contributed by atoms with E-state index in [1.807, 2.05) is 37.3 Å². The van der Waals surface area contributed by atoms with Gasteiger partial charge in [-0.25, -0.2) is 4.79 Å². The highest BCUT2D eigenvalue weighted by molar-refractivity contribution is 5.90. The molecule has 0 saturated carbocycles. The Morgan fingerprint density at radius 3 is 2.41 bits per heavy atom. The third-order valence-electron chi connectivity index (χ3n) is 5.54. The zero-order valence-corrected chi connectivity index (χ0v) is 20.4. The number of ether oxygens (including phenoxy) is 3. The zero-order valence-electron chi connectivity index (χ0n) is 20.4. The van der Waals surface area contributed by atoms with Gasteiger partial charge in [0.05, 0.1) is 6.61 Å². The van der Waals surface area contributed by atoms with E-state index in [0.717, 1.165) is 30.6 Å². The second-order valence-electron chi connectivity index (χ2n) is 9.77. The highest BCUT2D eigenvalue weighted by atomic mass is 16.6. The normalized spacial score (nSPS) is 17.4. The molecule has 1 aromatic rings. The van der Waals surface area contributed by atoms with Gasteiger partial charge in [0.15, 0.2) is 0 Å². The van der Waals surface area contributed by atoms with Crippen LogP contribution in [0.2, 0.25) is 0 Å². The van der Waals surface area contributed by atoms with Crippen molar-refractivity contribution in [1.82, 2.24) is 0 Å². The molecule has 0 N–H and O–H groups in total. The molecule has 1 saturated heterocycles. The standard InChI is InChI=1S/C27H40O5/c1-19(2)15-22(16-20(3)4)10-11-23-17-25(32-27(23)29)18-31-26(28)7-6-14-30-24-12-8-21(5)9-13-24/h8-9,11-13,19-20,22,25H,6-7,10,14-18H2,1-5H3/b23-11+. The molecule has 178 valence electrons. The highest BCUT2D eigenvalue weighted by Crippen LogP contribution is 2.27. The maximum atomic E-state index is 12.2. The molecule has 1 heterocycles. The Kier molecular flexibility index (Phi) is 10.8. The van der Waals surface area contributed by atoms with Crippen LogP contribution in [0.5, 0.6) is 5.75 Å². The summed E-state index contributed by atoms with van der Waals surface area (Å²) in [5.41, 5.74) is 1.90. The molecule has 0 amide bonds. The average molecular weight is 445 g/mol. The third kappa shape index (κ3) is 9.88. The van der Waals surface area contributed by atoms with Crippen LogP contribution in [0.25, 0.3) is 0 Å². The van der Waals surface area contributed by atoms with Gasteiger partial charge in [-0.3, -0.25) is 4.79 Å². The first-order chi connectivity index (χ1) is 15.2. The summed E-state index contributed by atoms with van der Waals surface area (Å²) in [6.45, 7) is 11.6. The molecule has 0 bridgehead atoms. The van der Waals surface area contributed by atoms with Crippen molar-refractivity contribution in [2.45, 2.75) is 79.2 Å². The molecular formula is C27H40O5. The number of cyclic esters (lactones) is 1. The van der Waals surface area contributed by atoms with Gasteiger partial charge in [0, 0.05) is 18.4 Å². The summed E-state index contributed by atoms with van der Waals surface area (Å²) < 4.78 is 16.4. The first-order valence-corrected chi connectivity index (χ1v) is 12.0. The smallest absolute Gasteiger partial charge is 0.334 e. The predicted molar refractivity (Wildman–Crippen MR) is 126 cm³/mol. The summed E-state index contributed by atoms with van der Waals surface area (Å²) in [5.74, 6) is 2.09. The van der Waals surface area contributed by atoms with E-state index in [4.69, 9.17) is 14.2 Å². The van der Waals surface area contributed by atoms with Gasteiger partial charge in [0.25, 0.3) is 0 Å². The number of esters is 2. The van der Waals surface area contributed by atoms with Crippen LogP contribution in [0.3, 0.4) is 0 Å². The molecule has 0 spiro atoms. The minimum Gasteiger partial charge on any atom is -0.494 e. The summed E-state index contributed by atoms with van der Waals surface area (Å²) >= 11 is 0. The second kappa shape index (κ2) is 13.3. The monoisotopic (exact) mass is 444 g/mol. The molecule has 1 aromatic carbocycles. The fraction of sp³-hybridized carbons (Fsp3) is 0.630. The van der Waals surface area contributed by atoms with Gasteiger partial charge in [-0.05, 0) is 62.5 Å². The molecule has 1 aliphatic rings. The maximum Gasteiger partial charge on any atom is 0.334 e. The lowest BCUT2D eigenvalue weighted by Gasteiger charge is -2.19. The largest absolute Gasteiger partial charge is 0.494 e. The molecule has 1 atom stereocenters.